The maximum absolute atomic E-state index is 9.21. The first kappa shape index (κ1) is 13.8. The van der Waals surface area contributed by atoms with E-state index in [0.29, 0.717) is 0 Å². The predicted molar refractivity (Wildman–Crippen MR) is 69.7 cm³/mol. The number of rotatable bonds is 3. The van der Waals surface area contributed by atoms with Crippen LogP contribution in [0.1, 0.15) is 18.3 Å². The number of halogens is 1. The van der Waals surface area contributed by atoms with Gasteiger partial charge in [0.05, 0.1) is 35.2 Å². The van der Waals surface area contributed by atoms with Crippen LogP contribution in [-0.4, -0.2) is 51.7 Å². The summed E-state index contributed by atoms with van der Waals surface area (Å²) in [6.45, 7) is 6.28. The summed E-state index contributed by atoms with van der Waals surface area (Å²) < 4.78 is 7.45. The molecule has 18 heavy (non-hydrogen) atoms. The van der Waals surface area contributed by atoms with Crippen LogP contribution in [0.5, 0.6) is 0 Å². The number of aliphatic hydroxyl groups is 1. The lowest BCUT2D eigenvalue weighted by Gasteiger charge is -2.36. The number of ether oxygens (including phenoxy) is 1. The summed E-state index contributed by atoms with van der Waals surface area (Å²) in [4.78, 5) is 2.25. The average molecular weight is 274 g/mol. The highest BCUT2D eigenvalue weighted by Crippen LogP contribution is 2.22. The Hall–Kier alpha value is -0.620. The van der Waals surface area contributed by atoms with Gasteiger partial charge in [0.25, 0.3) is 0 Å². The van der Waals surface area contributed by atoms with Crippen molar-refractivity contribution >= 4 is 11.6 Å². The van der Waals surface area contributed by atoms with Crippen molar-refractivity contribution in [3.8, 4) is 0 Å². The van der Waals surface area contributed by atoms with E-state index in [2.05, 4.69) is 10.00 Å². The molecule has 0 saturated carbocycles. The Kier molecular flexibility index (Phi) is 4.27. The molecule has 2 unspecified atom stereocenters. The van der Waals surface area contributed by atoms with Gasteiger partial charge in [-0.25, -0.2) is 0 Å². The van der Waals surface area contributed by atoms with Gasteiger partial charge in [-0.3, -0.25) is 9.58 Å². The fourth-order valence-electron chi connectivity index (χ4n) is 2.43. The van der Waals surface area contributed by atoms with Gasteiger partial charge >= 0.3 is 0 Å². The third-order valence-corrected chi connectivity index (χ3v) is 3.73. The molecule has 5 nitrogen and oxygen atoms in total. The van der Waals surface area contributed by atoms with Crippen molar-refractivity contribution in [1.29, 1.82) is 0 Å². The molecule has 0 spiro atoms. The Labute approximate surface area is 112 Å². The Morgan fingerprint density at radius 1 is 1.50 bits per heavy atom. The van der Waals surface area contributed by atoms with Crippen molar-refractivity contribution in [3.63, 3.8) is 0 Å². The zero-order chi connectivity index (χ0) is 13.3. The van der Waals surface area contributed by atoms with Crippen LogP contribution >= 0.6 is 11.6 Å². The Bertz CT molecular complexity index is 422. The van der Waals surface area contributed by atoms with Crippen LogP contribution in [0.3, 0.4) is 0 Å². The molecule has 102 valence electrons. The first-order chi connectivity index (χ1) is 8.51. The molecular formula is C12H20ClN3O2. The average Bonchev–Trinajstić information content (AvgIpc) is 2.55. The SMILES string of the molecule is Cc1nn(C)c(CN2CC(C)OC(CO)C2)c1Cl. The number of aryl methyl sites for hydroxylation is 2. The second kappa shape index (κ2) is 5.57. The molecule has 0 aliphatic carbocycles. The Morgan fingerprint density at radius 2 is 2.22 bits per heavy atom. The topological polar surface area (TPSA) is 50.5 Å². The van der Waals surface area contributed by atoms with E-state index in [0.717, 1.165) is 36.0 Å². The maximum Gasteiger partial charge on any atom is 0.0936 e. The van der Waals surface area contributed by atoms with E-state index in [1.807, 2.05) is 25.6 Å². The lowest BCUT2D eigenvalue weighted by molar-refractivity contribution is -0.0976. The fraction of sp³-hybridized carbons (Fsp3) is 0.750. The molecule has 1 aliphatic rings. The van der Waals surface area contributed by atoms with Gasteiger partial charge < -0.3 is 9.84 Å². The summed E-state index contributed by atoms with van der Waals surface area (Å²) in [5, 5.41) is 14.3. The van der Waals surface area contributed by atoms with E-state index in [1.54, 1.807) is 0 Å². The summed E-state index contributed by atoms with van der Waals surface area (Å²) >= 11 is 6.25. The minimum Gasteiger partial charge on any atom is -0.394 e. The van der Waals surface area contributed by atoms with Crippen molar-refractivity contribution in [1.82, 2.24) is 14.7 Å². The van der Waals surface area contributed by atoms with Gasteiger partial charge in [0, 0.05) is 26.7 Å². The van der Waals surface area contributed by atoms with E-state index in [1.165, 1.54) is 0 Å². The third-order valence-electron chi connectivity index (χ3n) is 3.24. The molecule has 1 fully saturated rings. The van der Waals surface area contributed by atoms with Gasteiger partial charge in [0.1, 0.15) is 0 Å². The number of morpholine rings is 1. The molecule has 0 radical (unpaired) electrons. The largest absolute Gasteiger partial charge is 0.394 e. The van der Waals surface area contributed by atoms with E-state index >= 15 is 0 Å². The summed E-state index contributed by atoms with van der Waals surface area (Å²) in [7, 11) is 1.90. The minimum atomic E-state index is -0.109. The number of aliphatic hydroxyl groups excluding tert-OH is 1. The molecule has 6 heteroatoms. The molecule has 1 aromatic rings. The van der Waals surface area contributed by atoms with Crippen LogP contribution in [0.15, 0.2) is 0 Å². The van der Waals surface area contributed by atoms with E-state index < -0.39 is 0 Å². The Balaban J connectivity index is 2.08. The lowest BCUT2D eigenvalue weighted by Crippen LogP contribution is -2.47. The number of nitrogens with zero attached hydrogens (tertiary/aromatic N) is 3. The molecule has 0 aromatic carbocycles. The standard InChI is InChI=1S/C12H20ClN3O2/c1-8-4-16(5-10(7-17)18-8)6-11-12(13)9(2)14-15(11)3/h8,10,17H,4-7H2,1-3H3. The predicted octanol–water partition coefficient (Wildman–Crippen LogP) is 0.964. The summed E-state index contributed by atoms with van der Waals surface area (Å²) in [6.07, 6.45) is 0.0193. The van der Waals surface area contributed by atoms with Crippen LogP contribution in [-0.2, 0) is 18.3 Å². The van der Waals surface area contributed by atoms with Gasteiger partial charge in [-0.2, -0.15) is 5.10 Å². The monoisotopic (exact) mass is 273 g/mol. The first-order valence-corrected chi connectivity index (χ1v) is 6.55. The normalized spacial score (nSPS) is 25.6. The van der Waals surface area contributed by atoms with Crippen molar-refractivity contribution in [2.45, 2.75) is 32.6 Å². The van der Waals surface area contributed by atoms with E-state index in [4.69, 9.17) is 16.3 Å². The summed E-state index contributed by atoms with van der Waals surface area (Å²) in [5.41, 5.74) is 1.87. The van der Waals surface area contributed by atoms with Gasteiger partial charge in [-0.05, 0) is 13.8 Å². The van der Waals surface area contributed by atoms with Gasteiger partial charge in [0.2, 0.25) is 0 Å². The zero-order valence-electron chi connectivity index (χ0n) is 11.1. The highest BCUT2D eigenvalue weighted by molar-refractivity contribution is 6.31. The molecule has 2 atom stereocenters. The van der Waals surface area contributed by atoms with E-state index in [-0.39, 0.29) is 18.8 Å². The van der Waals surface area contributed by atoms with Crippen molar-refractivity contribution < 1.29 is 9.84 Å². The number of hydrogen-bond acceptors (Lipinski definition) is 4. The minimum absolute atomic E-state index is 0.0546. The zero-order valence-corrected chi connectivity index (χ0v) is 11.8. The number of aromatic nitrogens is 2. The molecule has 2 heterocycles. The molecule has 2 rings (SSSR count). The van der Waals surface area contributed by atoms with Crippen LogP contribution in [0.25, 0.3) is 0 Å². The van der Waals surface area contributed by atoms with Crippen molar-refractivity contribution in [2.75, 3.05) is 19.7 Å². The lowest BCUT2D eigenvalue weighted by atomic mass is 10.2. The molecule has 1 aromatic heterocycles. The van der Waals surface area contributed by atoms with Crippen molar-refractivity contribution in [3.05, 3.63) is 16.4 Å². The third kappa shape index (κ3) is 2.85. The molecular weight excluding hydrogens is 254 g/mol. The van der Waals surface area contributed by atoms with Gasteiger partial charge in [-0.15, -0.1) is 0 Å². The van der Waals surface area contributed by atoms with Crippen molar-refractivity contribution in [2.24, 2.45) is 7.05 Å². The van der Waals surface area contributed by atoms with Gasteiger partial charge in [-0.1, -0.05) is 11.6 Å². The molecule has 1 aliphatic heterocycles. The van der Waals surface area contributed by atoms with E-state index in [9.17, 15) is 5.11 Å². The summed E-state index contributed by atoms with van der Waals surface area (Å²) in [6, 6.07) is 0. The molecule has 1 saturated heterocycles. The molecule has 0 amide bonds. The number of hydrogen-bond donors (Lipinski definition) is 1. The second-order valence-electron chi connectivity index (χ2n) is 4.92. The highest BCUT2D eigenvalue weighted by Gasteiger charge is 2.26. The maximum atomic E-state index is 9.21. The molecule has 0 bridgehead atoms. The highest BCUT2D eigenvalue weighted by atomic mass is 35.5. The first-order valence-electron chi connectivity index (χ1n) is 6.18. The van der Waals surface area contributed by atoms with Crippen LogP contribution < -0.4 is 0 Å². The van der Waals surface area contributed by atoms with Gasteiger partial charge in [0.15, 0.2) is 0 Å². The Morgan fingerprint density at radius 3 is 2.78 bits per heavy atom. The second-order valence-corrected chi connectivity index (χ2v) is 5.29. The quantitative estimate of drug-likeness (QED) is 0.891. The fourth-order valence-corrected chi connectivity index (χ4v) is 2.65. The van der Waals surface area contributed by atoms with Crippen LogP contribution in [0.2, 0.25) is 5.02 Å². The molecule has 1 N–H and O–H groups in total. The van der Waals surface area contributed by atoms with Crippen LogP contribution in [0, 0.1) is 6.92 Å². The smallest absolute Gasteiger partial charge is 0.0936 e. The summed E-state index contributed by atoms with van der Waals surface area (Å²) in [5.74, 6) is 0. The van der Waals surface area contributed by atoms with Crippen LogP contribution in [0.4, 0.5) is 0 Å².